The fourth-order valence-electron chi connectivity index (χ4n) is 22.6. The van der Waals surface area contributed by atoms with Crippen LogP contribution in [0.1, 0.15) is 283 Å². The molecule has 12 aliphatic carbocycles. The van der Waals surface area contributed by atoms with Gasteiger partial charge >= 0.3 is 0 Å². The molecule has 12 fully saturated rings. The Kier molecular flexibility index (Phi) is 15.6. The Morgan fingerprint density at radius 2 is 0.364 bits per heavy atom. The van der Waals surface area contributed by atoms with Crippen LogP contribution in [0.4, 0.5) is 0 Å². The second-order valence-electron chi connectivity index (χ2n) is 28.4. The van der Waals surface area contributed by atoms with Gasteiger partial charge in [0, 0.05) is 36.3 Å². The molecule has 0 aromatic rings. The van der Waals surface area contributed by atoms with Crippen LogP contribution in [0.5, 0.6) is 0 Å². The average molecular weight is 906 g/mol. The first-order valence-electron chi connectivity index (χ1n) is 32.2. The van der Waals surface area contributed by atoms with E-state index in [1.165, 1.54) is 25.7 Å². The van der Waals surface area contributed by atoms with Gasteiger partial charge in [-0.05, 0) is 186 Å². The SMILES string of the molecule is C1CCC(C2CCCC(N(C3CCCC(C4CCCCC4)C3)C3CC4CCC5CC(N(C6CCCC(C7CCCCC7)C6)C6CCCC(C7CCCCC7)C6)CC6CCC(C3)C4C56)C2)CC1. The number of hydrogen-bond acceptors (Lipinski definition) is 2. The molecule has 0 N–H and O–H groups in total. The second-order valence-corrected chi connectivity index (χ2v) is 28.4. The van der Waals surface area contributed by atoms with Gasteiger partial charge in [-0.3, -0.25) is 9.80 Å². The van der Waals surface area contributed by atoms with E-state index in [9.17, 15) is 0 Å². The van der Waals surface area contributed by atoms with Crippen LogP contribution in [-0.4, -0.2) is 46.1 Å². The fourth-order valence-corrected chi connectivity index (χ4v) is 22.6. The molecule has 12 atom stereocenters. The molecular weight excluding hydrogens is 797 g/mol. The summed E-state index contributed by atoms with van der Waals surface area (Å²) in [4.78, 5) is 7.01. The van der Waals surface area contributed by atoms with Crippen LogP contribution in [-0.2, 0) is 0 Å². The van der Waals surface area contributed by atoms with Crippen molar-refractivity contribution in [1.29, 1.82) is 0 Å². The van der Waals surface area contributed by atoms with Crippen LogP contribution in [0.3, 0.4) is 0 Å². The summed E-state index contributed by atoms with van der Waals surface area (Å²) in [6.45, 7) is 0. The Morgan fingerprint density at radius 1 is 0.152 bits per heavy atom. The van der Waals surface area contributed by atoms with Crippen molar-refractivity contribution in [1.82, 2.24) is 9.80 Å². The predicted molar refractivity (Wildman–Crippen MR) is 278 cm³/mol. The van der Waals surface area contributed by atoms with E-state index in [4.69, 9.17) is 0 Å². The minimum atomic E-state index is 0.923. The first kappa shape index (κ1) is 47.0. The van der Waals surface area contributed by atoms with Crippen LogP contribution < -0.4 is 0 Å². The predicted octanol–water partition coefficient (Wildman–Crippen LogP) is 17.8. The van der Waals surface area contributed by atoms with Crippen molar-refractivity contribution in [3.8, 4) is 0 Å². The molecule has 2 heteroatoms. The summed E-state index contributed by atoms with van der Waals surface area (Å²) in [6.07, 6.45) is 69.1. The minimum absolute atomic E-state index is 0.923. The maximum atomic E-state index is 3.50. The van der Waals surface area contributed by atoms with Crippen LogP contribution in [0.15, 0.2) is 0 Å². The lowest BCUT2D eigenvalue weighted by atomic mass is 9.47. The maximum absolute atomic E-state index is 3.50. The van der Waals surface area contributed by atoms with Gasteiger partial charge in [0.2, 0.25) is 0 Å². The number of hydrogen-bond donors (Lipinski definition) is 0. The molecule has 0 radical (unpaired) electrons. The number of rotatable bonds is 10. The van der Waals surface area contributed by atoms with Gasteiger partial charge in [0.1, 0.15) is 0 Å². The first-order chi connectivity index (χ1) is 32.7. The molecule has 0 aliphatic heterocycles. The van der Waals surface area contributed by atoms with Crippen LogP contribution >= 0.6 is 0 Å². The molecule has 12 aliphatic rings. The summed E-state index contributed by atoms with van der Waals surface area (Å²) in [7, 11) is 0. The molecule has 66 heavy (non-hydrogen) atoms. The van der Waals surface area contributed by atoms with E-state index in [0.29, 0.717) is 0 Å². The zero-order chi connectivity index (χ0) is 43.8. The molecule has 374 valence electrons. The monoisotopic (exact) mass is 905 g/mol. The van der Waals surface area contributed by atoms with Crippen LogP contribution in [0.25, 0.3) is 0 Å². The largest absolute Gasteiger partial charge is 0.294 e. The maximum Gasteiger partial charge on any atom is 0.0107 e. The van der Waals surface area contributed by atoms with E-state index in [0.717, 1.165) is 119 Å². The van der Waals surface area contributed by atoms with Crippen LogP contribution in [0, 0.1) is 82.9 Å². The molecule has 0 aromatic carbocycles. The zero-order valence-corrected chi connectivity index (χ0v) is 43.6. The Hall–Kier alpha value is -0.0800. The van der Waals surface area contributed by atoms with Gasteiger partial charge in [-0.1, -0.05) is 180 Å². The van der Waals surface area contributed by atoms with Crippen molar-refractivity contribution < 1.29 is 0 Å². The van der Waals surface area contributed by atoms with Crippen molar-refractivity contribution in [3.63, 3.8) is 0 Å². The highest BCUT2D eigenvalue weighted by Gasteiger charge is 2.57. The van der Waals surface area contributed by atoms with Gasteiger partial charge < -0.3 is 0 Å². The van der Waals surface area contributed by atoms with E-state index >= 15 is 0 Å². The molecule has 0 spiro atoms. The van der Waals surface area contributed by atoms with Crippen molar-refractivity contribution in [2.24, 2.45) is 82.9 Å². The van der Waals surface area contributed by atoms with Crippen molar-refractivity contribution in [2.45, 2.75) is 319 Å². The molecule has 12 unspecified atom stereocenters. The molecule has 12 saturated carbocycles. The molecule has 0 bridgehead atoms. The number of nitrogens with zero attached hydrogens (tertiary/aromatic N) is 2. The third-order valence-electron chi connectivity index (χ3n) is 25.3. The topological polar surface area (TPSA) is 6.48 Å². The van der Waals surface area contributed by atoms with Gasteiger partial charge in [-0.25, -0.2) is 0 Å². The average Bonchev–Trinajstić information content (AvgIpc) is 3.39. The van der Waals surface area contributed by atoms with Crippen molar-refractivity contribution in [3.05, 3.63) is 0 Å². The van der Waals surface area contributed by atoms with Crippen molar-refractivity contribution in [2.75, 3.05) is 0 Å². The molecule has 12 rings (SSSR count). The third-order valence-corrected chi connectivity index (χ3v) is 25.3. The molecular formula is C64H108N2. The van der Waals surface area contributed by atoms with E-state index in [2.05, 4.69) is 9.80 Å². The Morgan fingerprint density at radius 3 is 0.606 bits per heavy atom. The van der Waals surface area contributed by atoms with Crippen LogP contribution in [0.2, 0.25) is 0 Å². The molecule has 0 amide bonds. The molecule has 0 heterocycles. The normalized spacial score (nSPS) is 46.3. The molecule has 2 nitrogen and oxygen atoms in total. The Bertz CT molecular complexity index is 1270. The third kappa shape index (κ3) is 10.1. The first-order valence-corrected chi connectivity index (χ1v) is 32.2. The lowest BCUT2D eigenvalue weighted by Gasteiger charge is -2.63. The van der Waals surface area contributed by atoms with Crippen molar-refractivity contribution >= 4 is 0 Å². The quantitative estimate of drug-likeness (QED) is 0.216. The Balaban J connectivity index is 0.772. The van der Waals surface area contributed by atoms with Gasteiger partial charge in [0.15, 0.2) is 0 Å². The highest BCUT2D eigenvalue weighted by atomic mass is 15.2. The summed E-state index contributed by atoms with van der Waals surface area (Å²) < 4.78 is 0. The van der Waals surface area contributed by atoms with E-state index in [1.54, 1.807) is 257 Å². The smallest absolute Gasteiger partial charge is 0.0107 e. The highest BCUT2D eigenvalue weighted by molar-refractivity contribution is 5.08. The minimum Gasteiger partial charge on any atom is -0.294 e. The van der Waals surface area contributed by atoms with Gasteiger partial charge in [-0.2, -0.15) is 0 Å². The fraction of sp³-hybridized carbons (Fsp3) is 1.00. The van der Waals surface area contributed by atoms with E-state index < -0.39 is 0 Å². The highest BCUT2D eigenvalue weighted by Crippen LogP contribution is 2.62. The van der Waals surface area contributed by atoms with E-state index in [1.807, 2.05) is 0 Å². The lowest BCUT2D eigenvalue weighted by molar-refractivity contribution is -0.131. The van der Waals surface area contributed by atoms with Gasteiger partial charge in [-0.15, -0.1) is 0 Å². The standard InChI is InChI=1S/C64H108N2/c1-5-17-45(18-6-1)49-25-13-29-57(37-49)65(58-30-14-26-50(38-58)46-19-7-2-8-20-46)61-41-53-33-35-55-43-62(44-56-36-34-54(42-61)63(53)64(55)56)66(59-31-15-27-51(39-59)47-21-9-3-10-22-47)60-32-16-28-52(40-60)48-23-11-4-12-24-48/h45-64H,1-44H2. The summed E-state index contributed by atoms with van der Waals surface area (Å²) in [5, 5.41) is 0. The molecule has 0 saturated heterocycles. The Labute approximate surface area is 409 Å². The van der Waals surface area contributed by atoms with Gasteiger partial charge in [0.25, 0.3) is 0 Å². The van der Waals surface area contributed by atoms with E-state index in [-0.39, 0.29) is 0 Å². The summed E-state index contributed by atoms with van der Waals surface area (Å²) >= 11 is 0. The lowest BCUT2D eigenvalue weighted by Crippen LogP contribution is -2.61. The molecule has 0 aromatic heterocycles. The summed E-state index contributed by atoms with van der Waals surface area (Å²) in [5.74, 6) is 15.0. The zero-order valence-electron chi connectivity index (χ0n) is 43.6. The summed E-state index contributed by atoms with van der Waals surface area (Å²) in [6, 6.07) is 5.54. The second kappa shape index (κ2) is 22.0. The summed E-state index contributed by atoms with van der Waals surface area (Å²) in [5.41, 5.74) is 0. The van der Waals surface area contributed by atoms with Gasteiger partial charge in [0.05, 0.1) is 0 Å².